The van der Waals surface area contributed by atoms with Gasteiger partial charge in [-0.3, -0.25) is 4.79 Å². The molecular formula is C19H21N3O3S. The van der Waals surface area contributed by atoms with Crippen molar-refractivity contribution in [3.8, 4) is 6.07 Å². The Balaban J connectivity index is 2.15. The summed E-state index contributed by atoms with van der Waals surface area (Å²) >= 11 is 0. The van der Waals surface area contributed by atoms with Crippen molar-refractivity contribution in [2.75, 3.05) is 5.32 Å². The van der Waals surface area contributed by atoms with Crippen molar-refractivity contribution in [2.45, 2.75) is 32.1 Å². The summed E-state index contributed by atoms with van der Waals surface area (Å²) in [5.74, 6) is -0.585. The Morgan fingerprint density at radius 1 is 1.12 bits per heavy atom. The van der Waals surface area contributed by atoms with Gasteiger partial charge in [0.2, 0.25) is 10.0 Å². The number of nitrogens with zero attached hydrogens (tertiary/aromatic N) is 1. The number of nitriles is 1. The summed E-state index contributed by atoms with van der Waals surface area (Å²) in [4.78, 5) is 12.4. The molecule has 0 aliphatic heterocycles. The van der Waals surface area contributed by atoms with Crippen LogP contribution in [0.3, 0.4) is 0 Å². The Bertz CT molecular complexity index is 954. The molecule has 1 amide bonds. The number of nitrogens with one attached hydrogen (secondary N) is 2. The van der Waals surface area contributed by atoms with E-state index in [2.05, 4.69) is 10.0 Å². The standard InChI is InChI=1S/C19H21N3O3S/c1-19(2,3)22-26(24,25)13-15-7-4-8-16(10-15)18(23)21-17-9-5-6-14(11-17)12-20/h4-11,22H,13H2,1-3H3,(H,21,23). The highest BCUT2D eigenvalue weighted by Gasteiger charge is 2.20. The molecule has 0 saturated carbocycles. The number of rotatable bonds is 5. The number of hydrogen-bond donors (Lipinski definition) is 2. The monoisotopic (exact) mass is 371 g/mol. The van der Waals surface area contributed by atoms with Crippen LogP contribution in [0, 0.1) is 11.3 Å². The summed E-state index contributed by atoms with van der Waals surface area (Å²) in [6, 6.07) is 15.0. The molecule has 0 heterocycles. The van der Waals surface area contributed by atoms with E-state index in [9.17, 15) is 13.2 Å². The van der Waals surface area contributed by atoms with Gasteiger partial charge >= 0.3 is 0 Å². The second-order valence-corrected chi connectivity index (χ2v) is 8.68. The molecule has 2 aromatic carbocycles. The van der Waals surface area contributed by atoms with Crippen LogP contribution in [0.25, 0.3) is 0 Å². The number of hydrogen-bond acceptors (Lipinski definition) is 4. The van der Waals surface area contributed by atoms with Crippen molar-refractivity contribution >= 4 is 21.6 Å². The molecule has 0 aromatic heterocycles. The van der Waals surface area contributed by atoms with Crippen LogP contribution >= 0.6 is 0 Å². The summed E-state index contributed by atoms with van der Waals surface area (Å²) in [5, 5.41) is 11.6. The number of benzene rings is 2. The van der Waals surface area contributed by atoms with Gasteiger partial charge in [-0.15, -0.1) is 0 Å². The fourth-order valence-electron chi connectivity index (χ4n) is 2.39. The van der Waals surface area contributed by atoms with Crippen LogP contribution in [0.1, 0.15) is 42.3 Å². The lowest BCUT2D eigenvalue weighted by molar-refractivity contribution is 0.102. The van der Waals surface area contributed by atoms with Gasteiger partial charge in [0.1, 0.15) is 0 Å². The van der Waals surface area contributed by atoms with Crippen LogP contribution in [0.2, 0.25) is 0 Å². The van der Waals surface area contributed by atoms with Gasteiger partial charge in [0, 0.05) is 16.8 Å². The number of anilines is 1. The van der Waals surface area contributed by atoms with E-state index in [-0.39, 0.29) is 11.7 Å². The number of carbonyl (C=O) groups excluding carboxylic acids is 1. The Morgan fingerprint density at radius 3 is 2.46 bits per heavy atom. The first kappa shape index (κ1) is 19.6. The van der Waals surface area contributed by atoms with E-state index in [1.165, 1.54) is 0 Å². The highest BCUT2D eigenvalue weighted by Crippen LogP contribution is 2.14. The predicted molar refractivity (Wildman–Crippen MR) is 101 cm³/mol. The van der Waals surface area contributed by atoms with E-state index in [1.54, 1.807) is 69.3 Å². The largest absolute Gasteiger partial charge is 0.322 e. The van der Waals surface area contributed by atoms with E-state index in [4.69, 9.17) is 5.26 Å². The van der Waals surface area contributed by atoms with E-state index < -0.39 is 15.6 Å². The summed E-state index contributed by atoms with van der Waals surface area (Å²) in [6.45, 7) is 5.30. The van der Waals surface area contributed by atoms with Crippen LogP contribution in [-0.4, -0.2) is 19.9 Å². The lowest BCUT2D eigenvalue weighted by Crippen LogP contribution is -2.41. The highest BCUT2D eigenvalue weighted by atomic mass is 32.2. The first-order valence-corrected chi connectivity index (χ1v) is 9.65. The minimum Gasteiger partial charge on any atom is -0.322 e. The summed E-state index contributed by atoms with van der Waals surface area (Å²) < 4.78 is 27.0. The maximum absolute atomic E-state index is 12.4. The van der Waals surface area contributed by atoms with Gasteiger partial charge in [-0.2, -0.15) is 5.26 Å². The molecule has 0 bridgehead atoms. The molecular weight excluding hydrogens is 350 g/mol. The summed E-state index contributed by atoms with van der Waals surface area (Å²) in [6.07, 6.45) is 0. The summed E-state index contributed by atoms with van der Waals surface area (Å²) in [7, 11) is -3.52. The zero-order valence-corrected chi connectivity index (χ0v) is 15.7. The molecule has 0 fully saturated rings. The Hall–Kier alpha value is -2.69. The van der Waals surface area contributed by atoms with Gasteiger partial charge in [-0.25, -0.2) is 13.1 Å². The van der Waals surface area contributed by atoms with Crippen molar-refractivity contribution in [2.24, 2.45) is 0 Å². The van der Waals surface area contributed by atoms with Crippen molar-refractivity contribution in [1.82, 2.24) is 4.72 Å². The second-order valence-electron chi connectivity index (χ2n) is 6.96. The molecule has 136 valence electrons. The Labute approximate surface area is 153 Å². The Morgan fingerprint density at radius 2 is 1.81 bits per heavy atom. The lowest BCUT2D eigenvalue weighted by atomic mass is 10.1. The van der Waals surface area contributed by atoms with Gasteiger partial charge in [0.05, 0.1) is 17.4 Å². The van der Waals surface area contributed by atoms with E-state index in [0.717, 1.165) is 0 Å². The highest BCUT2D eigenvalue weighted by molar-refractivity contribution is 7.88. The normalized spacial score (nSPS) is 11.6. The van der Waals surface area contributed by atoms with Gasteiger partial charge in [0.25, 0.3) is 5.91 Å². The first-order valence-electron chi connectivity index (χ1n) is 8.00. The van der Waals surface area contributed by atoms with Crippen LogP contribution in [0.4, 0.5) is 5.69 Å². The molecule has 0 radical (unpaired) electrons. The maximum Gasteiger partial charge on any atom is 0.255 e. The topological polar surface area (TPSA) is 99.1 Å². The minimum absolute atomic E-state index is 0.213. The third-order valence-corrected chi connectivity index (χ3v) is 4.89. The molecule has 7 heteroatoms. The average molecular weight is 371 g/mol. The number of amides is 1. The quantitative estimate of drug-likeness (QED) is 0.844. The van der Waals surface area contributed by atoms with E-state index in [0.29, 0.717) is 22.4 Å². The van der Waals surface area contributed by atoms with Crippen molar-refractivity contribution in [1.29, 1.82) is 5.26 Å². The zero-order chi connectivity index (χ0) is 19.4. The van der Waals surface area contributed by atoms with Crippen LogP contribution in [-0.2, 0) is 15.8 Å². The predicted octanol–water partition coefficient (Wildman–Crippen LogP) is 3.03. The first-order chi connectivity index (χ1) is 12.1. The molecule has 0 atom stereocenters. The minimum atomic E-state index is -3.52. The van der Waals surface area contributed by atoms with Crippen molar-refractivity contribution < 1.29 is 13.2 Å². The van der Waals surface area contributed by atoms with E-state index >= 15 is 0 Å². The molecule has 0 unspecified atom stereocenters. The van der Waals surface area contributed by atoms with Gasteiger partial charge in [-0.05, 0) is 56.7 Å². The van der Waals surface area contributed by atoms with Crippen molar-refractivity contribution in [3.05, 3.63) is 65.2 Å². The third-order valence-electron chi connectivity index (χ3n) is 3.26. The molecule has 26 heavy (non-hydrogen) atoms. The fraction of sp³-hybridized carbons (Fsp3) is 0.263. The van der Waals surface area contributed by atoms with Gasteiger partial charge in [-0.1, -0.05) is 18.2 Å². The maximum atomic E-state index is 12.4. The molecule has 0 aliphatic carbocycles. The third kappa shape index (κ3) is 5.99. The van der Waals surface area contributed by atoms with E-state index in [1.807, 2.05) is 6.07 Å². The van der Waals surface area contributed by atoms with Crippen LogP contribution < -0.4 is 10.0 Å². The molecule has 6 nitrogen and oxygen atoms in total. The van der Waals surface area contributed by atoms with Crippen LogP contribution in [0.5, 0.6) is 0 Å². The number of sulfonamides is 1. The molecule has 2 aromatic rings. The second kappa shape index (κ2) is 7.68. The van der Waals surface area contributed by atoms with Crippen molar-refractivity contribution in [3.63, 3.8) is 0 Å². The fourth-order valence-corrected chi connectivity index (χ4v) is 4.02. The smallest absolute Gasteiger partial charge is 0.255 e. The van der Waals surface area contributed by atoms with Crippen LogP contribution in [0.15, 0.2) is 48.5 Å². The molecule has 0 aliphatic rings. The van der Waals surface area contributed by atoms with Gasteiger partial charge < -0.3 is 5.32 Å². The lowest BCUT2D eigenvalue weighted by Gasteiger charge is -2.20. The average Bonchev–Trinajstić information content (AvgIpc) is 2.52. The molecule has 0 spiro atoms. The zero-order valence-electron chi connectivity index (χ0n) is 14.9. The molecule has 2 N–H and O–H groups in total. The molecule has 2 rings (SSSR count). The summed E-state index contributed by atoms with van der Waals surface area (Å²) in [5.41, 5.74) is 1.23. The SMILES string of the molecule is CC(C)(C)NS(=O)(=O)Cc1cccc(C(=O)Nc2cccc(C#N)c2)c1. The molecule has 0 saturated heterocycles. The van der Waals surface area contributed by atoms with Gasteiger partial charge in [0.15, 0.2) is 0 Å². The number of carbonyl (C=O) groups is 1. The Kier molecular flexibility index (Phi) is 5.80.